The number of thiazole rings is 1. The molecule has 0 radical (unpaired) electrons. The van der Waals surface area contributed by atoms with E-state index in [9.17, 15) is 0 Å². The molecular weight excluding hydrogens is 304 g/mol. The molecule has 3 aromatic rings. The Labute approximate surface area is 132 Å². The summed E-state index contributed by atoms with van der Waals surface area (Å²) < 4.78 is 5.37. The number of aromatic nitrogens is 1. The molecule has 0 aliphatic heterocycles. The van der Waals surface area contributed by atoms with Crippen LogP contribution in [0.2, 0.25) is 5.02 Å². The summed E-state index contributed by atoms with van der Waals surface area (Å²) in [5, 5.41) is 6.77. The number of para-hydroxylation sites is 1. The van der Waals surface area contributed by atoms with Crippen molar-refractivity contribution >= 4 is 33.8 Å². The van der Waals surface area contributed by atoms with Gasteiger partial charge < -0.3 is 10.1 Å². The fourth-order valence-corrected chi connectivity index (χ4v) is 2.92. The zero-order valence-electron chi connectivity index (χ0n) is 11.3. The van der Waals surface area contributed by atoms with Crippen LogP contribution in [0.5, 0.6) is 5.75 Å². The third kappa shape index (κ3) is 3.17. The van der Waals surface area contributed by atoms with Gasteiger partial charge in [0.25, 0.3) is 0 Å². The van der Waals surface area contributed by atoms with Crippen molar-refractivity contribution in [3.05, 3.63) is 58.9 Å². The lowest BCUT2D eigenvalue weighted by Gasteiger charge is -2.05. The van der Waals surface area contributed by atoms with Gasteiger partial charge in [-0.2, -0.15) is 0 Å². The molecule has 3 rings (SSSR count). The molecule has 0 saturated carbocycles. The number of hydrogen-bond donors (Lipinski definition) is 1. The molecule has 0 fully saturated rings. The number of nitrogens with one attached hydrogen (secondary N) is 1. The number of anilines is 2. The first kappa shape index (κ1) is 13.9. The Hall–Kier alpha value is -2.04. The van der Waals surface area contributed by atoms with Crippen molar-refractivity contribution in [3.8, 4) is 17.0 Å². The maximum absolute atomic E-state index is 5.98. The molecule has 1 aromatic heterocycles. The second-order valence-corrected chi connectivity index (χ2v) is 5.67. The summed E-state index contributed by atoms with van der Waals surface area (Å²) in [6.45, 7) is 0. The fraction of sp³-hybridized carbons (Fsp3) is 0.0625. The SMILES string of the molecule is COc1ccccc1-c1csc(Nc2cccc(Cl)c2)n1. The van der Waals surface area contributed by atoms with Gasteiger partial charge in [0.15, 0.2) is 5.13 Å². The fourth-order valence-electron chi connectivity index (χ4n) is 2.00. The minimum absolute atomic E-state index is 0.696. The quantitative estimate of drug-likeness (QED) is 0.717. The maximum Gasteiger partial charge on any atom is 0.187 e. The third-order valence-corrected chi connectivity index (χ3v) is 3.96. The molecule has 21 heavy (non-hydrogen) atoms. The number of halogens is 1. The van der Waals surface area contributed by atoms with Gasteiger partial charge in [0.2, 0.25) is 0 Å². The van der Waals surface area contributed by atoms with E-state index in [1.165, 1.54) is 0 Å². The van der Waals surface area contributed by atoms with Gasteiger partial charge in [0.1, 0.15) is 5.75 Å². The number of nitrogens with zero attached hydrogens (tertiary/aromatic N) is 1. The molecular formula is C16H13ClN2OS. The predicted octanol–water partition coefficient (Wildman–Crippen LogP) is 5.22. The highest BCUT2D eigenvalue weighted by Crippen LogP contribution is 2.33. The topological polar surface area (TPSA) is 34.1 Å². The van der Waals surface area contributed by atoms with Crippen LogP contribution in [0, 0.1) is 0 Å². The second-order valence-electron chi connectivity index (χ2n) is 4.37. The Kier molecular flexibility index (Phi) is 4.08. The van der Waals surface area contributed by atoms with Crippen LogP contribution in [0.3, 0.4) is 0 Å². The molecule has 1 heterocycles. The number of rotatable bonds is 4. The number of hydrogen-bond acceptors (Lipinski definition) is 4. The van der Waals surface area contributed by atoms with E-state index >= 15 is 0 Å². The second kappa shape index (κ2) is 6.16. The summed E-state index contributed by atoms with van der Waals surface area (Å²) in [6.07, 6.45) is 0. The Morgan fingerprint density at radius 2 is 2.00 bits per heavy atom. The summed E-state index contributed by atoms with van der Waals surface area (Å²) >= 11 is 7.52. The van der Waals surface area contributed by atoms with Gasteiger partial charge in [-0.1, -0.05) is 29.8 Å². The molecule has 0 unspecified atom stereocenters. The summed E-state index contributed by atoms with van der Waals surface area (Å²) in [7, 11) is 1.66. The molecule has 106 valence electrons. The molecule has 0 atom stereocenters. The summed E-state index contributed by atoms with van der Waals surface area (Å²) in [6, 6.07) is 15.4. The Morgan fingerprint density at radius 3 is 2.81 bits per heavy atom. The smallest absolute Gasteiger partial charge is 0.187 e. The molecule has 0 saturated heterocycles. The van der Waals surface area contributed by atoms with Crippen molar-refractivity contribution in [3.63, 3.8) is 0 Å². The first-order valence-corrected chi connectivity index (χ1v) is 7.63. The van der Waals surface area contributed by atoms with Crippen molar-refractivity contribution in [2.45, 2.75) is 0 Å². The van der Waals surface area contributed by atoms with E-state index in [-0.39, 0.29) is 0 Å². The van der Waals surface area contributed by atoms with E-state index in [0.29, 0.717) is 5.02 Å². The average molecular weight is 317 g/mol. The lowest BCUT2D eigenvalue weighted by atomic mass is 10.1. The van der Waals surface area contributed by atoms with Gasteiger partial charge in [0.05, 0.1) is 12.8 Å². The number of benzene rings is 2. The maximum atomic E-state index is 5.98. The zero-order valence-corrected chi connectivity index (χ0v) is 12.9. The summed E-state index contributed by atoms with van der Waals surface area (Å²) in [5.74, 6) is 0.817. The van der Waals surface area contributed by atoms with E-state index in [0.717, 1.165) is 27.8 Å². The van der Waals surface area contributed by atoms with Gasteiger partial charge in [0, 0.05) is 21.7 Å². The first-order chi connectivity index (χ1) is 10.3. The molecule has 0 aliphatic carbocycles. The molecule has 0 aliphatic rings. The highest BCUT2D eigenvalue weighted by molar-refractivity contribution is 7.14. The van der Waals surface area contributed by atoms with E-state index in [1.54, 1.807) is 18.4 Å². The molecule has 3 nitrogen and oxygen atoms in total. The third-order valence-electron chi connectivity index (χ3n) is 2.96. The average Bonchev–Trinajstić information content (AvgIpc) is 2.95. The first-order valence-electron chi connectivity index (χ1n) is 6.38. The predicted molar refractivity (Wildman–Crippen MR) is 88.8 cm³/mol. The van der Waals surface area contributed by atoms with Crippen molar-refractivity contribution < 1.29 is 4.74 Å². The van der Waals surface area contributed by atoms with Crippen molar-refractivity contribution in [1.29, 1.82) is 0 Å². The molecule has 5 heteroatoms. The van der Waals surface area contributed by atoms with Gasteiger partial charge in [-0.25, -0.2) is 4.98 Å². The highest BCUT2D eigenvalue weighted by Gasteiger charge is 2.09. The van der Waals surface area contributed by atoms with Crippen molar-refractivity contribution in [1.82, 2.24) is 4.98 Å². The van der Waals surface area contributed by atoms with Crippen molar-refractivity contribution in [2.24, 2.45) is 0 Å². The van der Waals surface area contributed by atoms with E-state index in [2.05, 4.69) is 10.3 Å². The van der Waals surface area contributed by atoms with E-state index in [1.807, 2.05) is 53.9 Å². The minimum atomic E-state index is 0.696. The van der Waals surface area contributed by atoms with Crippen LogP contribution < -0.4 is 10.1 Å². The Morgan fingerprint density at radius 1 is 1.14 bits per heavy atom. The Balaban J connectivity index is 1.86. The summed E-state index contributed by atoms with van der Waals surface area (Å²) in [5.41, 5.74) is 2.79. The largest absolute Gasteiger partial charge is 0.496 e. The van der Waals surface area contributed by atoms with Crippen LogP contribution in [-0.4, -0.2) is 12.1 Å². The monoisotopic (exact) mass is 316 g/mol. The lowest BCUT2D eigenvalue weighted by molar-refractivity contribution is 0.416. The Bertz CT molecular complexity index is 757. The van der Waals surface area contributed by atoms with Crippen LogP contribution in [0.25, 0.3) is 11.3 Å². The molecule has 0 amide bonds. The molecule has 2 aromatic carbocycles. The summed E-state index contributed by atoms with van der Waals surface area (Å²) in [4.78, 5) is 4.60. The van der Waals surface area contributed by atoms with E-state index in [4.69, 9.17) is 16.3 Å². The molecule has 1 N–H and O–H groups in total. The highest BCUT2D eigenvalue weighted by atomic mass is 35.5. The number of ether oxygens (including phenoxy) is 1. The number of methoxy groups -OCH3 is 1. The van der Waals surface area contributed by atoms with Gasteiger partial charge in [-0.3, -0.25) is 0 Å². The van der Waals surface area contributed by atoms with E-state index < -0.39 is 0 Å². The zero-order chi connectivity index (χ0) is 14.7. The minimum Gasteiger partial charge on any atom is -0.496 e. The van der Waals surface area contributed by atoms with Gasteiger partial charge in [-0.15, -0.1) is 11.3 Å². The van der Waals surface area contributed by atoms with Crippen LogP contribution in [0.4, 0.5) is 10.8 Å². The molecule has 0 bridgehead atoms. The lowest BCUT2D eigenvalue weighted by Crippen LogP contribution is -1.90. The van der Waals surface area contributed by atoms with Crippen molar-refractivity contribution in [2.75, 3.05) is 12.4 Å². The van der Waals surface area contributed by atoms with Crippen LogP contribution >= 0.6 is 22.9 Å². The van der Waals surface area contributed by atoms with Gasteiger partial charge in [-0.05, 0) is 30.3 Å². The standard InChI is InChI=1S/C16H13ClN2OS/c1-20-15-8-3-2-7-13(15)14-10-21-16(19-14)18-12-6-4-5-11(17)9-12/h2-10H,1H3,(H,18,19). The van der Waals surface area contributed by atoms with Crippen LogP contribution in [-0.2, 0) is 0 Å². The molecule has 0 spiro atoms. The van der Waals surface area contributed by atoms with Crippen LogP contribution in [0.15, 0.2) is 53.9 Å². The van der Waals surface area contributed by atoms with Gasteiger partial charge >= 0.3 is 0 Å². The normalized spacial score (nSPS) is 10.4. The van der Waals surface area contributed by atoms with Crippen LogP contribution in [0.1, 0.15) is 0 Å².